The van der Waals surface area contributed by atoms with Gasteiger partial charge in [-0.1, -0.05) is 6.92 Å². The zero-order valence-corrected chi connectivity index (χ0v) is 14.5. The Balaban J connectivity index is 1.91. The van der Waals surface area contributed by atoms with Crippen molar-refractivity contribution in [3.05, 3.63) is 20.8 Å². The van der Waals surface area contributed by atoms with Crippen molar-refractivity contribution < 1.29 is 9.59 Å². The van der Waals surface area contributed by atoms with Crippen molar-refractivity contribution in [1.29, 1.82) is 0 Å². The molecule has 0 radical (unpaired) electrons. The third kappa shape index (κ3) is 4.44. The van der Waals surface area contributed by atoms with Gasteiger partial charge in [0.25, 0.3) is 5.91 Å². The van der Waals surface area contributed by atoms with Crippen LogP contribution in [0.5, 0.6) is 0 Å². The molecule has 0 bridgehead atoms. The maximum Gasteiger partial charge on any atom is 0.317 e. The summed E-state index contributed by atoms with van der Waals surface area (Å²) in [5.41, 5.74) is 0. The predicted molar refractivity (Wildman–Crippen MR) is 87.8 cm³/mol. The van der Waals surface area contributed by atoms with Crippen molar-refractivity contribution >= 4 is 39.2 Å². The normalized spacial score (nSPS) is 15.7. The number of rotatable bonds is 3. The predicted octanol–water partition coefficient (Wildman–Crippen LogP) is 2.78. The summed E-state index contributed by atoms with van der Waals surface area (Å²) in [5, 5.41) is 4.80. The van der Waals surface area contributed by atoms with E-state index in [1.54, 1.807) is 4.90 Å². The molecule has 1 fully saturated rings. The lowest BCUT2D eigenvalue weighted by Crippen LogP contribution is -2.42. The fourth-order valence-corrected chi connectivity index (χ4v) is 3.64. The molecule has 1 aromatic rings. The summed E-state index contributed by atoms with van der Waals surface area (Å²) in [6.07, 6.45) is 1.75. The van der Waals surface area contributed by atoms with Crippen LogP contribution in [0.3, 0.4) is 0 Å². The molecule has 1 aliphatic heterocycles. The van der Waals surface area contributed by atoms with Gasteiger partial charge in [-0.25, -0.2) is 4.79 Å². The molecule has 116 valence electrons. The van der Waals surface area contributed by atoms with Gasteiger partial charge in [0, 0.05) is 42.6 Å². The highest BCUT2D eigenvalue weighted by Gasteiger charge is 2.23. The lowest BCUT2D eigenvalue weighted by atomic mass is 10.3. The number of carbonyl (C=O) groups excluding carboxylic acids is 2. The third-order valence-corrected chi connectivity index (χ3v) is 5.05. The van der Waals surface area contributed by atoms with Crippen LogP contribution < -0.4 is 5.32 Å². The summed E-state index contributed by atoms with van der Waals surface area (Å²) >= 11 is 4.82. The number of hydrogen-bond acceptors (Lipinski definition) is 3. The molecular weight excluding hydrogens is 354 g/mol. The van der Waals surface area contributed by atoms with Crippen LogP contribution >= 0.6 is 27.3 Å². The van der Waals surface area contributed by atoms with Crippen LogP contribution in [0.1, 0.15) is 29.4 Å². The molecule has 2 rings (SSSR count). The summed E-state index contributed by atoms with van der Waals surface area (Å²) in [6, 6.07) is 1.83. The van der Waals surface area contributed by atoms with Crippen LogP contribution in [0.15, 0.2) is 15.9 Å². The van der Waals surface area contributed by atoms with E-state index < -0.39 is 0 Å². The number of hydrogen-bond donors (Lipinski definition) is 1. The van der Waals surface area contributed by atoms with E-state index in [9.17, 15) is 9.59 Å². The number of thiophene rings is 1. The maximum atomic E-state index is 12.4. The smallest absolute Gasteiger partial charge is 0.317 e. The van der Waals surface area contributed by atoms with E-state index in [2.05, 4.69) is 21.2 Å². The monoisotopic (exact) mass is 373 g/mol. The number of amides is 3. The quantitative estimate of drug-likeness (QED) is 0.885. The molecule has 2 heterocycles. The molecular formula is C14H20BrN3O2S. The van der Waals surface area contributed by atoms with Gasteiger partial charge >= 0.3 is 6.03 Å². The second-order valence-corrected chi connectivity index (χ2v) is 6.82. The van der Waals surface area contributed by atoms with E-state index >= 15 is 0 Å². The van der Waals surface area contributed by atoms with Crippen molar-refractivity contribution in [3.8, 4) is 0 Å². The SMILES string of the molecule is CCCNC(=O)N1CCCN(C(=O)c2cc(Br)cs2)CC1. The van der Waals surface area contributed by atoms with Gasteiger partial charge in [-0.3, -0.25) is 4.79 Å². The van der Waals surface area contributed by atoms with Crippen molar-refractivity contribution in [2.24, 2.45) is 0 Å². The van der Waals surface area contributed by atoms with Gasteiger partial charge < -0.3 is 15.1 Å². The fraction of sp³-hybridized carbons (Fsp3) is 0.571. The maximum absolute atomic E-state index is 12.4. The fourth-order valence-electron chi connectivity index (χ4n) is 2.25. The Morgan fingerprint density at radius 2 is 2.00 bits per heavy atom. The average molecular weight is 374 g/mol. The summed E-state index contributed by atoms with van der Waals surface area (Å²) in [5.74, 6) is 0.0570. The van der Waals surface area contributed by atoms with Gasteiger partial charge in [0.1, 0.15) is 0 Å². The third-order valence-electron chi connectivity index (χ3n) is 3.37. The van der Waals surface area contributed by atoms with Gasteiger partial charge in [-0.05, 0) is 34.8 Å². The molecule has 0 unspecified atom stereocenters. The minimum atomic E-state index is -0.0231. The first-order valence-corrected chi connectivity index (χ1v) is 8.85. The second-order valence-electron chi connectivity index (χ2n) is 4.99. The molecule has 3 amide bonds. The zero-order chi connectivity index (χ0) is 15.2. The van der Waals surface area contributed by atoms with Crippen LogP contribution in [-0.2, 0) is 0 Å². The Hall–Kier alpha value is -1.08. The van der Waals surface area contributed by atoms with Crippen LogP contribution in [-0.4, -0.2) is 54.5 Å². The lowest BCUT2D eigenvalue weighted by molar-refractivity contribution is 0.0767. The highest BCUT2D eigenvalue weighted by molar-refractivity contribution is 9.10. The van der Waals surface area contributed by atoms with E-state index in [4.69, 9.17) is 0 Å². The largest absolute Gasteiger partial charge is 0.338 e. The first kappa shape index (κ1) is 16.3. The van der Waals surface area contributed by atoms with Crippen LogP contribution in [0.25, 0.3) is 0 Å². The molecule has 21 heavy (non-hydrogen) atoms. The Kier molecular flexibility index (Phi) is 6.05. The molecule has 0 saturated carbocycles. The van der Waals surface area contributed by atoms with E-state index in [1.165, 1.54) is 11.3 Å². The van der Waals surface area contributed by atoms with Gasteiger partial charge in [0.05, 0.1) is 4.88 Å². The van der Waals surface area contributed by atoms with Crippen LogP contribution in [0, 0.1) is 0 Å². The summed E-state index contributed by atoms with van der Waals surface area (Å²) in [6.45, 7) is 5.31. The Labute approximate surface area is 137 Å². The number of nitrogens with zero attached hydrogens (tertiary/aromatic N) is 2. The first-order chi connectivity index (χ1) is 10.1. The van der Waals surface area contributed by atoms with Gasteiger partial charge in [-0.15, -0.1) is 11.3 Å². The molecule has 1 aromatic heterocycles. The number of nitrogens with one attached hydrogen (secondary N) is 1. The molecule has 0 aliphatic carbocycles. The van der Waals surface area contributed by atoms with E-state index in [0.29, 0.717) is 32.7 Å². The molecule has 1 N–H and O–H groups in total. The topological polar surface area (TPSA) is 52.7 Å². The van der Waals surface area contributed by atoms with Crippen LogP contribution in [0.2, 0.25) is 0 Å². The number of urea groups is 1. The van der Waals surface area contributed by atoms with Crippen molar-refractivity contribution in [3.63, 3.8) is 0 Å². The minimum absolute atomic E-state index is 0.0231. The second kappa shape index (κ2) is 7.79. The standard InChI is InChI=1S/C14H20BrN3O2S/c1-2-4-16-14(20)18-6-3-5-17(7-8-18)13(19)12-9-11(15)10-21-12/h9-10H,2-8H2,1H3,(H,16,20). The molecule has 1 aliphatic rings. The summed E-state index contributed by atoms with van der Waals surface area (Å²) < 4.78 is 0.936. The van der Waals surface area contributed by atoms with Gasteiger partial charge in [0.15, 0.2) is 0 Å². The molecule has 0 atom stereocenters. The zero-order valence-electron chi connectivity index (χ0n) is 12.1. The van der Waals surface area contributed by atoms with Crippen molar-refractivity contribution in [1.82, 2.24) is 15.1 Å². The Morgan fingerprint density at radius 3 is 2.67 bits per heavy atom. The van der Waals surface area contributed by atoms with Crippen molar-refractivity contribution in [2.45, 2.75) is 19.8 Å². The first-order valence-electron chi connectivity index (χ1n) is 7.18. The van der Waals surface area contributed by atoms with Gasteiger partial charge in [0.2, 0.25) is 0 Å². The number of carbonyl (C=O) groups is 2. The van der Waals surface area contributed by atoms with E-state index in [-0.39, 0.29) is 11.9 Å². The minimum Gasteiger partial charge on any atom is -0.338 e. The van der Waals surface area contributed by atoms with Crippen molar-refractivity contribution in [2.75, 3.05) is 32.7 Å². The Morgan fingerprint density at radius 1 is 1.29 bits per heavy atom. The molecule has 1 saturated heterocycles. The van der Waals surface area contributed by atoms with Crippen LogP contribution in [0.4, 0.5) is 4.79 Å². The highest BCUT2D eigenvalue weighted by atomic mass is 79.9. The van der Waals surface area contributed by atoms with Gasteiger partial charge in [-0.2, -0.15) is 0 Å². The summed E-state index contributed by atoms with van der Waals surface area (Å²) in [4.78, 5) is 28.8. The molecule has 0 aromatic carbocycles. The van der Waals surface area contributed by atoms with E-state index in [0.717, 1.165) is 22.2 Å². The summed E-state index contributed by atoms with van der Waals surface area (Å²) in [7, 11) is 0. The molecule has 0 spiro atoms. The van der Waals surface area contributed by atoms with E-state index in [1.807, 2.05) is 23.3 Å². The average Bonchev–Trinajstić information content (AvgIpc) is 2.76. The molecule has 5 nitrogen and oxygen atoms in total. The highest BCUT2D eigenvalue weighted by Crippen LogP contribution is 2.21. The molecule has 7 heteroatoms. The lowest BCUT2D eigenvalue weighted by Gasteiger charge is -2.22. The number of halogens is 1. The Bertz CT molecular complexity index is 506.